The van der Waals surface area contributed by atoms with Gasteiger partial charge in [-0.3, -0.25) is 9.96 Å². The zero-order valence-electron chi connectivity index (χ0n) is 27.1. The number of hydrogen-bond acceptors (Lipinski definition) is 4. The summed E-state index contributed by atoms with van der Waals surface area (Å²) in [6.07, 6.45) is 17.1. The highest BCUT2D eigenvalue weighted by Crippen LogP contribution is 2.69. The Hall–Kier alpha value is -1.05. The Morgan fingerprint density at radius 1 is 0.976 bits per heavy atom. The van der Waals surface area contributed by atoms with Crippen molar-refractivity contribution in [1.29, 1.82) is 5.41 Å². The van der Waals surface area contributed by atoms with E-state index in [-0.39, 0.29) is 4.90 Å². The van der Waals surface area contributed by atoms with Gasteiger partial charge in [-0.2, -0.15) is 8.42 Å². The Kier molecular flexibility index (Phi) is 10.9. The van der Waals surface area contributed by atoms with E-state index in [1.54, 1.807) is 23.9 Å². The molecule has 1 aromatic carbocycles. The molecule has 0 aliphatic heterocycles. The Morgan fingerprint density at radius 3 is 2.26 bits per heavy atom. The van der Waals surface area contributed by atoms with Crippen LogP contribution in [-0.2, 0) is 10.1 Å². The van der Waals surface area contributed by atoms with Gasteiger partial charge in [-0.1, -0.05) is 96.2 Å². The van der Waals surface area contributed by atoms with E-state index in [1.165, 1.54) is 89.2 Å². The van der Waals surface area contributed by atoms with Crippen LogP contribution in [0.3, 0.4) is 0 Å². The summed E-state index contributed by atoms with van der Waals surface area (Å²) in [4.78, 5) is -0.0666. The molecule has 238 valence electrons. The predicted octanol–water partition coefficient (Wildman–Crippen LogP) is 9.34. The van der Waals surface area contributed by atoms with Gasteiger partial charge in [0.15, 0.2) is 5.17 Å². The molecule has 0 spiro atoms. The number of thioether (sulfide) groups is 1. The monoisotopic (exact) mass is 618 g/mol. The molecule has 9 unspecified atom stereocenters. The Bertz CT molecular complexity index is 1170. The minimum absolute atomic E-state index is 0.0666. The number of amidine groups is 1. The molecule has 0 bridgehead atoms. The molecule has 5 rings (SSSR count). The summed E-state index contributed by atoms with van der Waals surface area (Å²) in [6, 6.07) is 5.99. The standard InChI is InChI=1S/C28H50N2S.C7H8O3S/c1-18(2)9-8-10-19(3)21-12-13-22-20-17-25(31-26(29)30)24-11-6-7-15-27(24,4)23(20)14-16-28(21,22)5;1-6-2-4-7(5-3-6)11(8,9)10/h18-25H,6-17H2,1-5H3,(H3,29,30);2-5H,1H3,(H,8,9,10). The second-order valence-electron chi connectivity index (χ2n) is 15.3. The van der Waals surface area contributed by atoms with Crippen LogP contribution in [0.2, 0.25) is 0 Å². The first kappa shape index (κ1) is 33.8. The van der Waals surface area contributed by atoms with E-state index < -0.39 is 10.1 Å². The molecule has 0 radical (unpaired) electrons. The van der Waals surface area contributed by atoms with E-state index >= 15 is 0 Å². The van der Waals surface area contributed by atoms with Gasteiger partial charge < -0.3 is 5.73 Å². The molecule has 4 saturated carbocycles. The van der Waals surface area contributed by atoms with Gasteiger partial charge in [-0.25, -0.2) is 0 Å². The average molecular weight is 619 g/mol. The first-order chi connectivity index (χ1) is 19.7. The van der Waals surface area contributed by atoms with Crippen LogP contribution in [-0.4, -0.2) is 23.4 Å². The lowest BCUT2D eigenvalue weighted by Gasteiger charge is -2.62. The zero-order valence-corrected chi connectivity index (χ0v) is 28.7. The van der Waals surface area contributed by atoms with Crippen molar-refractivity contribution in [3.8, 4) is 0 Å². The van der Waals surface area contributed by atoms with Crippen LogP contribution >= 0.6 is 11.8 Å². The number of benzene rings is 1. The third-order valence-electron chi connectivity index (χ3n) is 12.4. The van der Waals surface area contributed by atoms with Crippen molar-refractivity contribution < 1.29 is 13.0 Å². The van der Waals surface area contributed by atoms with Crippen molar-refractivity contribution in [3.63, 3.8) is 0 Å². The van der Waals surface area contributed by atoms with Crippen molar-refractivity contribution in [2.45, 2.75) is 129 Å². The highest BCUT2D eigenvalue weighted by molar-refractivity contribution is 8.14. The number of fused-ring (bicyclic) bond motifs is 5. The fourth-order valence-corrected chi connectivity index (χ4v) is 12.1. The normalized spacial score (nSPS) is 36.7. The molecule has 42 heavy (non-hydrogen) atoms. The van der Waals surface area contributed by atoms with Crippen LogP contribution in [0.1, 0.15) is 117 Å². The van der Waals surface area contributed by atoms with Crippen LogP contribution in [0.5, 0.6) is 0 Å². The van der Waals surface area contributed by atoms with Crippen molar-refractivity contribution in [1.82, 2.24) is 0 Å². The molecule has 7 heteroatoms. The molecule has 4 aliphatic rings. The van der Waals surface area contributed by atoms with E-state index in [4.69, 9.17) is 15.7 Å². The molecule has 4 N–H and O–H groups in total. The summed E-state index contributed by atoms with van der Waals surface area (Å²) in [6.45, 7) is 14.5. The number of nitrogens with one attached hydrogen (secondary N) is 1. The van der Waals surface area contributed by atoms with Gasteiger partial charge in [-0.05, 0) is 116 Å². The lowest BCUT2D eigenvalue weighted by atomic mass is 9.44. The minimum atomic E-state index is -4.02. The van der Waals surface area contributed by atoms with Gasteiger partial charge in [0.05, 0.1) is 4.90 Å². The van der Waals surface area contributed by atoms with Crippen molar-refractivity contribution in [3.05, 3.63) is 29.8 Å². The summed E-state index contributed by atoms with van der Waals surface area (Å²) >= 11 is 1.73. The van der Waals surface area contributed by atoms with Crippen LogP contribution in [0.4, 0.5) is 0 Å². The summed E-state index contributed by atoms with van der Waals surface area (Å²) in [7, 11) is -4.02. The molecule has 0 aromatic heterocycles. The predicted molar refractivity (Wildman–Crippen MR) is 177 cm³/mol. The Labute approximate surface area is 261 Å². The summed E-state index contributed by atoms with van der Waals surface area (Å²) in [5.41, 5.74) is 7.97. The topological polar surface area (TPSA) is 104 Å². The first-order valence-electron chi connectivity index (χ1n) is 16.7. The molecule has 5 nitrogen and oxygen atoms in total. The molecule has 4 fully saturated rings. The maximum absolute atomic E-state index is 10.5. The number of hydrogen-bond donors (Lipinski definition) is 3. The van der Waals surface area contributed by atoms with Gasteiger partial charge in [-0.15, -0.1) is 0 Å². The lowest BCUT2D eigenvalue weighted by molar-refractivity contribution is -0.111. The van der Waals surface area contributed by atoms with Crippen LogP contribution in [0.15, 0.2) is 29.2 Å². The highest BCUT2D eigenvalue weighted by atomic mass is 32.2. The second kappa shape index (κ2) is 13.5. The van der Waals surface area contributed by atoms with E-state index in [0.29, 0.717) is 21.2 Å². The zero-order chi connectivity index (χ0) is 30.9. The number of aryl methyl sites for hydroxylation is 1. The van der Waals surface area contributed by atoms with E-state index in [0.717, 1.165) is 47.0 Å². The molecule has 0 heterocycles. The maximum Gasteiger partial charge on any atom is 0.294 e. The molecule has 0 amide bonds. The molecule has 1 aromatic rings. The quantitative estimate of drug-likeness (QED) is 0.160. The van der Waals surface area contributed by atoms with Gasteiger partial charge in [0, 0.05) is 5.25 Å². The number of rotatable bonds is 7. The van der Waals surface area contributed by atoms with Crippen LogP contribution < -0.4 is 5.73 Å². The van der Waals surface area contributed by atoms with Gasteiger partial charge in [0.1, 0.15) is 0 Å². The summed E-state index contributed by atoms with van der Waals surface area (Å²) in [5, 5.41) is 8.99. The van der Waals surface area contributed by atoms with E-state index in [9.17, 15) is 8.42 Å². The van der Waals surface area contributed by atoms with E-state index in [1.807, 2.05) is 6.92 Å². The van der Waals surface area contributed by atoms with Crippen LogP contribution in [0, 0.1) is 64.6 Å². The third-order valence-corrected chi connectivity index (χ3v) is 14.3. The summed E-state index contributed by atoms with van der Waals surface area (Å²) < 4.78 is 29.6. The molecule has 9 atom stereocenters. The molecule has 0 saturated heterocycles. The lowest BCUT2D eigenvalue weighted by Crippen LogP contribution is -2.56. The largest absolute Gasteiger partial charge is 0.379 e. The first-order valence-corrected chi connectivity index (χ1v) is 19.0. The van der Waals surface area contributed by atoms with E-state index in [2.05, 4.69) is 34.6 Å². The molecular weight excluding hydrogens is 561 g/mol. The molecular formula is C35H58N2O3S2. The van der Waals surface area contributed by atoms with Crippen molar-refractivity contribution >= 4 is 27.0 Å². The fraction of sp³-hybridized carbons (Fsp3) is 0.800. The van der Waals surface area contributed by atoms with Crippen LogP contribution in [0.25, 0.3) is 0 Å². The third kappa shape index (κ3) is 7.25. The Balaban J connectivity index is 0.000000310. The highest BCUT2D eigenvalue weighted by Gasteiger charge is 2.62. The van der Waals surface area contributed by atoms with Gasteiger partial charge >= 0.3 is 0 Å². The molecule has 4 aliphatic carbocycles. The van der Waals surface area contributed by atoms with Crippen molar-refractivity contribution in [2.75, 3.05) is 0 Å². The maximum atomic E-state index is 10.5. The summed E-state index contributed by atoms with van der Waals surface area (Å²) in [5.74, 6) is 6.16. The van der Waals surface area contributed by atoms with Gasteiger partial charge in [0.2, 0.25) is 0 Å². The minimum Gasteiger partial charge on any atom is -0.379 e. The Morgan fingerprint density at radius 2 is 1.64 bits per heavy atom. The van der Waals surface area contributed by atoms with Crippen molar-refractivity contribution in [2.24, 2.45) is 58.0 Å². The second-order valence-corrected chi connectivity index (χ2v) is 18.0. The number of nitrogens with two attached hydrogens (primary N) is 1. The van der Waals surface area contributed by atoms with Gasteiger partial charge in [0.25, 0.3) is 10.1 Å². The SMILES string of the molecule is CC(C)CCCC(C)C1CCC2C3CC(SC(=N)N)C4CCCCC4(C)C3CCC12C.Cc1ccc(S(=O)(=O)O)cc1. The smallest absolute Gasteiger partial charge is 0.294 e. The fourth-order valence-electron chi connectivity index (χ4n) is 10.4. The average Bonchev–Trinajstić information content (AvgIpc) is 3.25.